The number of piperidine rings is 1. The van der Waals surface area contributed by atoms with E-state index in [1.54, 1.807) is 23.8 Å². The lowest BCUT2D eigenvalue weighted by molar-refractivity contribution is 0.0856. The predicted molar refractivity (Wildman–Crippen MR) is 117 cm³/mol. The minimum absolute atomic E-state index is 0.155. The zero-order valence-corrected chi connectivity index (χ0v) is 19.0. The highest BCUT2D eigenvalue weighted by molar-refractivity contribution is 7.87. The fraction of sp³-hybridized carbons (Fsp3) is 0.545. The van der Waals surface area contributed by atoms with E-state index in [1.165, 1.54) is 3.97 Å². The molecule has 0 aromatic carbocycles. The van der Waals surface area contributed by atoms with Gasteiger partial charge in [-0.2, -0.15) is 12.7 Å². The van der Waals surface area contributed by atoms with Crippen LogP contribution >= 0.6 is 0 Å². The molecule has 9 heteroatoms. The van der Waals surface area contributed by atoms with Crippen LogP contribution in [-0.2, 0) is 14.9 Å². The third kappa shape index (κ3) is 3.48. The molecule has 0 spiro atoms. The zero-order chi connectivity index (χ0) is 21.8. The molecule has 166 valence electrons. The van der Waals surface area contributed by atoms with Gasteiger partial charge in [-0.25, -0.2) is 3.97 Å². The molecule has 1 unspecified atom stereocenters. The van der Waals surface area contributed by atoms with E-state index >= 15 is 0 Å². The molecule has 5 rings (SSSR count). The number of hydrogen-bond donors (Lipinski definition) is 0. The van der Waals surface area contributed by atoms with Crippen LogP contribution in [0.15, 0.2) is 23.0 Å². The molecule has 1 saturated carbocycles. The second-order valence-electron chi connectivity index (χ2n) is 8.63. The maximum absolute atomic E-state index is 13.6. The number of fused-ring (bicyclic) bond motifs is 1. The van der Waals surface area contributed by atoms with E-state index in [-0.39, 0.29) is 6.10 Å². The van der Waals surface area contributed by atoms with Gasteiger partial charge in [0.25, 0.3) is 0 Å². The van der Waals surface area contributed by atoms with Gasteiger partial charge in [0, 0.05) is 49.3 Å². The predicted octanol–water partition coefficient (Wildman–Crippen LogP) is 3.98. The van der Waals surface area contributed by atoms with Gasteiger partial charge in [-0.05, 0) is 51.5 Å². The molecule has 1 aliphatic carbocycles. The Bertz CT molecular complexity index is 1200. The van der Waals surface area contributed by atoms with Crippen molar-refractivity contribution in [1.29, 1.82) is 0 Å². The van der Waals surface area contributed by atoms with Crippen molar-refractivity contribution in [2.45, 2.75) is 52.1 Å². The highest BCUT2D eigenvalue weighted by Gasteiger charge is 2.37. The fourth-order valence-electron chi connectivity index (χ4n) is 4.72. The fourth-order valence-corrected chi connectivity index (χ4v) is 6.33. The molecule has 3 aromatic rings. The van der Waals surface area contributed by atoms with Gasteiger partial charge in [-0.3, -0.25) is 4.98 Å². The second kappa shape index (κ2) is 7.72. The molecule has 2 aliphatic rings. The first-order valence-corrected chi connectivity index (χ1v) is 12.3. The maximum Gasteiger partial charge on any atom is 0.308 e. The summed E-state index contributed by atoms with van der Waals surface area (Å²) in [7, 11) is -2.02. The van der Waals surface area contributed by atoms with Crippen LogP contribution in [0.25, 0.3) is 22.2 Å². The smallest absolute Gasteiger partial charge is 0.308 e. The van der Waals surface area contributed by atoms with Crippen molar-refractivity contribution >= 4 is 21.2 Å². The number of ether oxygens (including phenoxy) is 1. The largest absolute Gasteiger partial charge is 0.376 e. The van der Waals surface area contributed by atoms with Gasteiger partial charge in [0.15, 0.2) is 0 Å². The lowest BCUT2D eigenvalue weighted by Gasteiger charge is -2.26. The molecule has 0 N–H and O–H groups in total. The summed E-state index contributed by atoms with van der Waals surface area (Å²) in [6.07, 6.45) is 8.35. The van der Waals surface area contributed by atoms with Crippen LogP contribution in [0.4, 0.5) is 0 Å². The van der Waals surface area contributed by atoms with Crippen LogP contribution in [0, 0.1) is 19.8 Å². The van der Waals surface area contributed by atoms with Crippen molar-refractivity contribution in [3.05, 3.63) is 35.5 Å². The molecule has 1 saturated heterocycles. The molecule has 31 heavy (non-hydrogen) atoms. The van der Waals surface area contributed by atoms with Crippen LogP contribution in [-0.4, -0.2) is 47.0 Å². The third-order valence-electron chi connectivity index (χ3n) is 6.46. The lowest BCUT2D eigenvalue weighted by atomic mass is 10.0. The highest BCUT2D eigenvalue weighted by Crippen LogP contribution is 2.45. The molecule has 8 nitrogen and oxygen atoms in total. The topological polar surface area (TPSA) is 90.5 Å². The standard InChI is InChI=1S/C22H28N4O4S/c1-14-20(15(2)30-24-14)17-11-19-21(23-12-17)18(22(29-3)16-7-8-16)13-26(19)31(27,28)25-9-5-4-6-10-25/h11-13,16,22H,4-10H2,1-3H3. The van der Waals surface area contributed by atoms with Gasteiger partial charge < -0.3 is 9.26 Å². The van der Waals surface area contributed by atoms with Crippen LogP contribution < -0.4 is 0 Å². The first kappa shape index (κ1) is 20.7. The van der Waals surface area contributed by atoms with Gasteiger partial charge in [0.1, 0.15) is 5.76 Å². The van der Waals surface area contributed by atoms with E-state index in [2.05, 4.69) is 5.16 Å². The number of hydrogen-bond acceptors (Lipinski definition) is 6. The van der Waals surface area contributed by atoms with E-state index in [0.717, 1.165) is 54.5 Å². The van der Waals surface area contributed by atoms with Crippen LogP contribution in [0.1, 0.15) is 55.2 Å². The first-order valence-electron chi connectivity index (χ1n) is 10.9. The van der Waals surface area contributed by atoms with Crippen LogP contribution in [0.3, 0.4) is 0 Å². The SMILES string of the molecule is COC(c1cn(S(=O)(=O)N2CCCCC2)c2cc(-c3c(C)noc3C)cnc12)C1CC1. The number of rotatable bonds is 6. The van der Waals surface area contributed by atoms with Gasteiger partial charge in [0.2, 0.25) is 0 Å². The molecule has 0 bridgehead atoms. The van der Waals surface area contributed by atoms with Crippen molar-refractivity contribution in [2.24, 2.45) is 5.92 Å². The van der Waals surface area contributed by atoms with Crippen LogP contribution in [0.5, 0.6) is 0 Å². The summed E-state index contributed by atoms with van der Waals surface area (Å²) >= 11 is 0. The first-order chi connectivity index (χ1) is 14.9. The number of nitrogens with zero attached hydrogens (tertiary/aromatic N) is 4. The summed E-state index contributed by atoms with van der Waals surface area (Å²) in [6, 6.07) is 1.89. The molecule has 4 heterocycles. The van der Waals surface area contributed by atoms with Gasteiger partial charge in [0.05, 0.1) is 22.8 Å². The monoisotopic (exact) mass is 444 g/mol. The molecule has 1 atom stereocenters. The summed E-state index contributed by atoms with van der Waals surface area (Å²) in [5.41, 5.74) is 4.48. The summed E-state index contributed by atoms with van der Waals surface area (Å²) in [5.74, 6) is 1.09. The maximum atomic E-state index is 13.6. The Morgan fingerprint density at radius 1 is 1.19 bits per heavy atom. The van der Waals surface area contributed by atoms with Crippen molar-refractivity contribution < 1.29 is 17.7 Å². The average Bonchev–Trinajstić information content (AvgIpc) is 3.45. The molecule has 3 aromatic heterocycles. The Labute approximate surface area is 182 Å². The van der Waals surface area contributed by atoms with E-state index in [1.807, 2.05) is 19.9 Å². The molecule has 0 radical (unpaired) electrons. The van der Waals surface area contributed by atoms with E-state index < -0.39 is 10.2 Å². The van der Waals surface area contributed by atoms with E-state index in [9.17, 15) is 8.42 Å². The number of aryl methyl sites for hydroxylation is 2. The van der Waals surface area contributed by atoms with Crippen molar-refractivity contribution in [3.8, 4) is 11.1 Å². The molecule has 1 aliphatic heterocycles. The van der Waals surface area contributed by atoms with Gasteiger partial charge in [-0.15, -0.1) is 0 Å². The Morgan fingerprint density at radius 3 is 2.55 bits per heavy atom. The van der Waals surface area contributed by atoms with E-state index in [4.69, 9.17) is 14.2 Å². The second-order valence-corrected chi connectivity index (χ2v) is 10.4. The molecular formula is C22H28N4O4S. The van der Waals surface area contributed by atoms with Gasteiger partial charge >= 0.3 is 10.2 Å². The number of pyridine rings is 1. The lowest BCUT2D eigenvalue weighted by Crippen LogP contribution is -2.39. The summed E-state index contributed by atoms with van der Waals surface area (Å²) < 4.78 is 41.4. The van der Waals surface area contributed by atoms with E-state index in [0.29, 0.717) is 35.8 Å². The normalized spacial score (nSPS) is 19.2. The summed E-state index contributed by atoms with van der Waals surface area (Å²) in [5, 5.41) is 4.04. The average molecular weight is 445 g/mol. The Balaban J connectivity index is 1.71. The van der Waals surface area contributed by atoms with Crippen molar-refractivity contribution in [3.63, 3.8) is 0 Å². The van der Waals surface area contributed by atoms with Gasteiger partial charge in [-0.1, -0.05) is 11.6 Å². The van der Waals surface area contributed by atoms with Crippen LogP contribution in [0.2, 0.25) is 0 Å². The Kier molecular flexibility index (Phi) is 5.15. The third-order valence-corrected chi connectivity index (χ3v) is 8.27. The van der Waals surface area contributed by atoms with Crippen molar-refractivity contribution in [1.82, 2.24) is 18.4 Å². The summed E-state index contributed by atoms with van der Waals surface area (Å²) in [4.78, 5) is 4.72. The number of aromatic nitrogens is 3. The zero-order valence-electron chi connectivity index (χ0n) is 18.2. The quantitative estimate of drug-likeness (QED) is 0.571. The summed E-state index contributed by atoms with van der Waals surface area (Å²) in [6.45, 7) is 4.82. The number of methoxy groups -OCH3 is 1. The highest BCUT2D eigenvalue weighted by atomic mass is 32.2. The molecule has 2 fully saturated rings. The Morgan fingerprint density at radius 2 is 1.94 bits per heavy atom. The minimum Gasteiger partial charge on any atom is -0.376 e. The van der Waals surface area contributed by atoms with Crippen molar-refractivity contribution in [2.75, 3.05) is 20.2 Å². The Hall–Kier alpha value is -2.23. The molecular weight excluding hydrogens is 416 g/mol. The molecule has 0 amide bonds. The minimum atomic E-state index is -3.71.